The molecule has 0 unspecified atom stereocenters. The fourth-order valence-corrected chi connectivity index (χ4v) is 5.73. The van der Waals surface area contributed by atoms with Crippen LogP contribution in [0.25, 0.3) is 5.69 Å². The molecular weight excluding hydrogens is 444 g/mol. The average Bonchev–Trinajstić information content (AvgIpc) is 3.54. The predicted octanol–water partition coefficient (Wildman–Crippen LogP) is 5.59. The van der Waals surface area contributed by atoms with Crippen molar-refractivity contribution >= 4 is 40.3 Å². The molecule has 1 amide bonds. The molecule has 0 aliphatic rings. The van der Waals surface area contributed by atoms with E-state index in [1.165, 1.54) is 21.5 Å². The summed E-state index contributed by atoms with van der Waals surface area (Å²) in [6.07, 6.45) is 0.708. The Morgan fingerprint density at radius 3 is 2.48 bits per heavy atom. The van der Waals surface area contributed by atoms with Crippen LogP contribution in [-0.4, -0.2) is 26.4 Å². The third-order valence-electron chi connectivity index (χ3n) is 4.79. The molecule has 0 radical (unpaired) electrons. The van der Waals surface area contributed by atoms with E-state index in [0.717, 1.165) is 16.7 Å². The SMILES string of the molecule is CC(C)[C@H](NC(=O)CSc1nnc(Cc2cccs2)n1-c1ccccc1)c1cccs1. The molecule has 0 saturated heterocycles. The third-order valence-corrected chi connectivity index (χ3v) is 7.55. The number of thiophene rings is 2. The number of amides is 1. The van der Waals surface area contributed by atoms with Crippen molar-refractivity contribution in [1.29, 1.82) is 0 Å². The molecule has 3 aromatic heterocycles. The second kappa shape index (κ2) is 10.3. The average molecular weight is 469 g/mol. The number of nitrogens with zero attached hydrogens (tertiary/aromatic N) is 3. The van der Waals surface area contributed by atoms with Crippen LogP contribution in [0.5, 0.6) is 0 Å². The highest BCUT2D eigenvalue weighted by Gasteiger charge is 2.21. The van der Waals surface area contributed by atoms with Crippen LogP contribution in [0, 0.1) is 5.92 Å². The van der Waals surface area contributed by atoms with E-state index in [9.17, 15) is 4.79 Å². The van der Waals surface area contributed by atoms with Crippen LogP contribution in [0.2, 0.25) is 0 Å². The van der Waals surface area contributed by atoms with Crippen molar-refractivity contribution < 1.29 is 4.79 Å². The second-order valence-electron chi connectivity index (χ2n) is 7.42. The molecule has 0 saturated carbocycles. The summed E-state index contributed by atoms with van der Waals surface area (Å²) in [6, 6.07) is 18.3. The molecule has 0 fully saturated rings. The van der Waals surface area contributed by atoms with Gasteiger partial charge in [-0.05, 0) is 40.9 Å². The molecule has 0 aliphatic heterocycles. The van der Waals surface area contributed by atoms with E-state index in [1.54, 1.807) is 22.7 Å². The molecule has 5 nitrogen and oxygen atoms in total. The number of carbonyl (C=O) groups excluding carboxylic acids is 1. The molecule has 3 heterocycles. The van der Waals surface area contributed by atoms with Gasteiger partial charge in [0.1, 0.15) is 5.82 Å². The Kier molecular flexibility index (Phi) is 7.21. The van der Waals surface area contributed by atoms with E-state index in [0.29, 0.717) is 18.1 Å². The lowest BCUT2D eigenvalue weighted by Gasteiger charge is -2.21. The fraction of sp³-hybridized carbons (Fsp3) is 0.261. The Balaban J connectivity index is 1.50. The molecule has 8 heteroatoms. The van der Waals surface area contributed by atoms with Crippen molar-refractivity contribution in [3.63, 3.8) is 0 Å². The molecule has 0 aliphatic carbocycles. The molecule has 1 N–H and O–H groups in total. The summed E-state index contributed by atoms with van der Waals surface area (Å²) < 4.78 is 2.05. The van der Waals surface area contributed by atoms with Gasteiger partial charge < -0.3 is 5.32 Å². The van der Waals surface area contributed by atoms with Gasteiger partial charge in [-0.1, -0.05) is 55.9 Å². The van der Waals surface area contributed by atoms with Crippen LogP contribution in [0.4, 0.5) is 0 Å². The lowest BCUT2D eigenvalue weighted by atomic mass is 10.0. The lowest BCUT2D eigenvalue weighted by Crippen LogP contribution is -2.32. The Bertz CT molecular complexity index is 1090. The first-order chi connectivity index (χ1) is 15.1. The van der Waals surface area contributed by atoms with Crippen LogP contribution < -0.4 is 5.32 Å². The number of hydrogen-bond donors (Lipinski definition) is 1. The lowest BCUT2D eigenvalue weighted by molar-refractivity contribution is -0.119. The van der Waals surface area contributed by atoms with Gasteiger partial charge in [0.2, 0.25) is 5.91 Å². The minimum atomic E-state index is -0.000446. The van der Waals surface area contributed by atoms with Gasteiger partial charge in [0, 0.05) is 21.9 Å². The second-order valence-corrected chi connectivity index (χ2v) is 10.4. The predicted molar refractivity (Wildman–Crippen MR) is 129 cm³/mol. The zero-order chi connectivity index (χ0) is 21.6. The Hall–Kier alpha value is -2.42. The van der Waals surface area contributed by atoms with Gasteiger partial charge in [-0.15, -0.1) is 32.9 Å². The van der Waals surface area contributed by atoms with Crippen LogP contribution in [0.1, 0.15) is 35.5 Å². The number of rotatable bonds is 9. The van der Waals surface area contributed by atoms with Gasteiger partial charge >= 0.3 is 0 Å². The van der Waals surface area contributed by atoms with Crippen molar-refractivity contribution in [3.8, 4) is 5.69 Å². The maximum Gasteiger partial charge on any atom is 0.230 e. The molecule has 1 aromatic carbocycles. The van der Waals surface area contributed by atoms with Crippen LogP contribution in [-0.2, 0) is 11.2 Å². The van der Waals surface area contributed by atoms with E-state index in [-0.39, 0.29) is 11.9 Å². The smallest absolute Gasteiger partial charge is 0.230 e. The standard InChI is InChI=1S/C23H24N4OS3/c1-16(2)22(19-11-7-13-30-19)24-21(28)15-31-23-26-25-20(14-18-10-6-12-29-18)27(23)17-8-4-3-5-9-17/h3-13,16,22H,14-15H2,1-2H3,(H,24,28)/t22-/m0/s1. The molecule has 0 bridgehead atoms. The van der Waals surface area contributed by atoms with Crippen molar-refractivity contribution in [1.82, 2.24) is 20.1 Å². The van der Waals surface area contributed by atoms with E-state index in [2.05, 4.69) is 51.4 Å². The minimum absolute atomic E-state index is 0.000446. The summed E-state index contributed by atoms with van der Waals surface area (Å²) in [5.74, 6) is 1.48. The van der Waals surface area contributed by atoms with Gasteiger partial charge in [0.25, 0.3) is 0 Å². The quantitative estimate of drug-likeness (QED) is 0.326. The first kappa shape index (κ1) is 21.8. The van der Waals surface area contributed by atoms with Gasteiger partial charge in [-0.3, -0.25) is 9.36 Å². The van der Waals surface area contributed by atoms with Crippen molar-refractivity contribution in [2.24, 2.45) is 5.92 Å². The van der Waals surface area contributed by atoms with Crippen LogP contribution in [0.3, 0.4) is 0 Å². The Morgan fingerprint density at radius 1 is 1.03 bits per heavy atom. The number of thioether (sulfide) groups is 1. The molecule has 31 heavy (non-hydrogen) atoms. The normalized spacial score (nSPS) is 12.2. The maximum atomic E-state index is 12.8. The van der Waals surface area contributed by atoms with Crippen LogP contribution >= 0.6 is 34.4 Å². The van der Waals surface area contributed by atoms with Gasteiger partial charge in [-0.25, -0.2) is 0 Å². The zero-order valence-electron chi connectivity index (χ0n) is 17.4. The Morgan fingerprint density at radius 2 is 1.81 bits per heavy atom. The Labute approximate surface area is 194 Å². The van der Waals surface area contributed by atoms with Crippen molar-refractivity contribution in [2.75, 3.05) is 5.75 Å². The minimum Gasteiger partial charge on any atom is -0.347 e. The van der Waals surface area contributed by atoms with E-state index < -0.39 is 0 Å². The molecule has 4 rings (SSSR count). The highest BCUT2D eigenvalue weighted by molar-refractivity contribution is 7.99. The molecule has 0 spiro atoms. The number of aromatic nitrogens is 3. The topological polar surface area (TPSA) is 59.8 Å². The highest BCUT2D eigenvalue weighted by Crippen LogP contribution is 2.27. The number of benzene rings is 1. The molecule has 160 valence electrons. The first-order valence-corrected chi connectivity index (χ1v) is 12.8. The zero-order valence-corrected chi connectivity index (χ0v) is 19.8. The summed E-state index contributed by atoms with van der Waals surface area (Å²) >= 11 is 4.80. The van der Waals surface area contributed by atoms with Gasteiger partial charge in [0.15, 0.2) is 5.16 Å². The van der Waals surface area contributed by atoms with Gasteiger partial charge in [0.05, 0.1) is 11.8 Å². The van der Waals surface area contributed by atoms with Crippen molar-refractivity contribution in [2.45, 2.75) is 31.5 Å². The molecular formula is C23H24N4OS3. The summed E-state index contributed by atoms with van der Waals surface area (Å²) in [5.41, 5.74) is 1.00. The number of hydrogen-bond acceptors (Lipinski definition) is 6. The highest BCUT2D eigenvalue weighted by atomic mass is 32.2. The number of para-hydroxylation sites is 1. The number of carbonyl (C=O) groups is 1. The maximum absolute atomic E-state index is 12.8. The largest absolute Gasteiger partial charge is 0.347 e. The first-order valence-electron chi connectivity index (χ1n) is 10.1. The monoisotopic (exact) mass is 468 g/mol. The molecule has 1 atom stereocenters. The summed E-state index contributed by atoms with van der Waals surface area (Å²) in [7, 11) is 0. The van der Waals surface area contributed by atoms with E-state index >= 15 is 0 Å². The third kappa shape index (κ3) is 5.44. The van der Waals surface area contributed by atoms with Crippen molar-refractivity contribution in [3.05, 3.63) is 80.9 Å². The fourth-order valence-electron chi connectivity index (χ4n) is 3.29. The van der Waals surface area contributed by atoms with Crippen LogP contribution in [0.15, 0.2) is 70.5 Å². The summed E-state index contributed by atoms with van der Waals surface area (Å²) in [5, 5.41) is 16.9. The summed E-state index contributed by atoms with van der Waals surface area (Å²) in [4.78, 5) is 15.2. The van der Waals surface area contributed by atoms with Gasteiger partial charge in [-0.2, -0.15) is 0 Å². The number of nitrogens with one attached hydrogen (secondary N) is 1. The summed E-state index contributed by atoms with van der Waals surface area (Å²) in [6.45, 7) is 4.25. The van der Waals surface area contributed by atoms with E-state index in [4.69, 9.17) is 0 Å². The molecule has 4 aromatic rings. The van der Waals surface area contributed by atoms with E-state index in [1.807, 2.05) is 47.8 Å².